The highest BCUT2D eigenvalue weighted by Gasteiger charge is 2.39. The molecule has 3 aromatic rings. The molecule has 0 unspecified atom stereocenters. The van der Waals surface area contributed by atoms with E-state index in [1.165, 1.54) is 4.31 Å². The number of aryl methyl sites for hydroxylation is 2. The fraction of sp³-hybridized carbons (Fsp3) is 0.250. The van der Waals surface area contributed by atoms with E-state index in [1.807, 2.05) is 43.3 Å². The summed E-state index contributed by atoms with van der Waals surface area (Å²) < 4.78 is 35.1. The van der Waals surface area contributed by atoms with Crippen LogP contribution in [0.25, 0.3) is 5.69 Å². The second-order valence-corrected chi connectivity index (χ2v) is 8.69. The number of ether oxygens (including phenoxy) is 1. The van der Waals surface area contributed by atoms with Crippen LogP contribution in [0.1, 0.15) is 11.1 Å². The number of sulfonamides is 1. The van der Waals surface area contributed by atoms with E-state index in [-0.39, 0.29) is 6.10 Å². The number of hydrogen-bond donors (Lipinski definition) is 0. The van der Waals surface area contributed by atoms with Gasteiger partial charge in [-0.1, -0.05) is 18.2 Å². The third-order valence-corrected chi connectivity index (χ3v) is 6.64. The van der Waals surface area contributed by atoms with Crippen molar-refractivity contribution in [2.45, 2.75) is 24.8 Å². The number of nitrogens with zero attached hydrogens (tertiary/aromatic N) is 3. The van der Waals surface area contributed by atoms with Crippen LogP contribution >= 0.6 is 0 Å². The second-order valence-electron chi connectivity index (χ2n) is 6.78. The molecule has 0 N–H and O–H groups in total. The highest BCUT2D eigenvalue weighted by molar-refractivity contribution is 7.89. The van der Waals surface area contributed by atoms with Gasteiger partial charge in [-0.3, -0.25) is 0 Å². The molecule has 0 aliphatic carbocycles. The molecule has 0 bridgehead atoms. The van der Waals surface area contributed by atoms with Crippen molar-refractivity contribution in [1.82, 2.24) is 14.1 Å². The van der Waals surface area contributed by atoms with Gasteiger partial charge in [-0.05, 0) is 55.3 Å². The molecule has 0 spiro atoms. The van der Waals surface area contributed by atoms with Crippen LogP contribution in [0.4, 0.5) is 0 Å². The van der Waals surface area contributed by atoms with Gasteiger partial charge in [-0.2, -0.15) is 9.40 Å². The lowest BCUT2D eigenvalue weighted by atomic mass is 10.2. The molecule has 0 amide bonds. The first-order valence-electron chi connectivity index (χ1n) is 8.77. The monoisotopic (exact) mass is 383 g/mol. The molecule has 1 fully saturated rings. The fourth-order valence-corrected chi connectivity index (χ4v) is 4.87. The number of hydrogen-bond acceptors (Lipinski definition) is 4. The summed E-state index contributed by atoms with van der Waals surface area (Å²) in [5.41, 5.74) is 2.55. The first-order chi connectivity index (χ1) is 12.9. The zero-order chi connectivity index (χ0) is 19.0. The molecule has 0 radical (unpaired) electrons. The molecule has 6 nitrogen and oxygen atoms in total. The lowest BCUT2D eigenvalue weighted by Crippen LogP contribution is -2.56. The predicted octanol–water partition coefficient (Wildman–Crippen LogP) is 2.94. The van der Waals surface area contributed by atoms with Gasteiger partial charge in [-0.15, -0.1) is 0 Å². The smallest absolute Gasteiger partial charge is 0.243 e. The lowest BCUT2D eigenvalue weighted by molar-refractivity contribution is 0.0761. The molecular formula is C20H21N3O3S. The van der Waals surface area contributed by atoms with Crippen LogP contribution in [0.5, 0.6) is 5.75 Å². The Hall–Kier alpha value is -2.64. The molecule has 2 heterocycles. The fourth-order valence-electron chi connectivity index (χ4n) is 3.12. The molecular weight excluding hydrogens is 362 g/mol. The van der Waals surface area contributed by atoms with Crippen molar-refractivity contribution >= 4 is 10.0 Å². The third kappa shape index (κ3) is 3.48. The van der Waals surface area contributed by atoms with Gasteiger partial charge in [0.15, 0.2) is 0 Å². The summed E-state index contributed by atoms with van der Waals surface area (Å²) in [6, 6.07) is 14.9. The van der Waals surface area contributed by atoms with Gasteiger partial charge in [0.1, 0.15) is 11.9 Å². The lowest BCUT2D eigenvalue weighted by Gasteiger charge is -2.38. The molecule has 27 heavy (non-hydrogen) atoms. The van der Waals surface area contributed by atoms with Crippen molar-refractivity contribution in [1.29, 1.82) is 0 Å². The van der Waals surface area contributed by atoms with Crippen molar-refractivity contribution in [3.8, 4) is 11.4 Å². The first kappa shape index (κ1) is 17.8. The van der Waals surface area contributed by atoms with Crippen molar-refractivity contribution in [3.05, 3.63) is 72.1 Å². The summed E-state index contributed by atoms with van der Waals surface area (Å²) >= 11 is 0. The van der Waals surface area contributed by atoms with Crippen molar-refractivity contribution in [2.24, 2.45) is 0 Å². The highest BCUT2D eigenvalue weighted by atomic mass is 32.2. The summed E-state index contributed by atoms with van der Waals surface area (Å²) in [5.74, 6) is 0.772. The van der Waals surface area contributed by atoms with Gasteiger partial charge in [0.2, 0.25) is 10.0 Å². The Kier molecular flexibility index (Phi) is 4.49. The summed E-state index contributed by atoms with van der Waals surface area (Å²) in [6.45, 7) is 4.50. The molecule has 140 valence electrons. The van der Waals surface area contributed by atoms with Crippen molar-refractivity contribution in [2.75, 3.05) is 13.1 Å². The largest absolute Gasteiger partial charge is 0.488 e. The third-order valence-electron chi connectivity index (χ3n) is 4.67. The molecule has 0 atom stereocenters. The second kappa shape index (κ2) is 6.83. The van der Waals surface area contributed by atoms with E-state index < -0.39 is 10.0 Å². The standard InChI is InChI=1S/C20H21N3O3S/c1-15-5-3-6-18(11-15)26-19-13-22(14-19)27(24,25)20-12-17(8-7-16(20)2)23-10-4-9-21-23/h3-12,19H,13-14H2,1-2H3. The highest BCUT2D eigenvalue weighted by Crippen LogP contribution is 2.28. The van der Waals surface area contributed by atoms with E-state index in [2.05, 4.69) is 5.10 Å². The van der Waals surface area contributed by atoms with Crippen LogP contribution in [0, 0.1) is 13.8 Å². The normalized spacial score (nSPS) is 15.5. The Morgan fingerprint density at radius 2 is 1.89 bits per heavy atom. The summed E-state index contributed by atoms with van der Waals surface area (Å²) in [5, 5.41) is 4.17. The van der Waals surface area contributed by atoms with Crippen LogP contribution < -0.4 is 4.74 Å². The molecule has 4 rings (SSSR count). The molecule has 0 saturated carbocycles. The van der Waals surface area contributed by atoms with E-state index >= 15 is 0 Å². The van der Waals surface area contributed by atoms with Gasteiger partial charge < -0.3 is 4.74 Å². The van der Waals surface area contributed by atoms with Crippen LogP contribution in [0.2, 0.25) is 0 Å². The molecule has 1 aliphatic heterocycles. The summed E-state index contributed by atoms with van der Waals surface area (Å²) in [4.78, 5) is 0.310. The predicted molar refractivity (Wildman–Crippen MR) is 103 cm³/mol. The molecule has 7 heteroatoms. The van der Waals surface area contributed by atoms with Gasteiger partial charge in [0.25, 0.3) is 0 Å². The summed E-state index contributed by atoms with van der Waals surface area (Å²) in [6.07, 6.45) is 3.32. The zero-order valence-corrected chi connectivity index (χ0v) is 16.1. The maximum atomic E-state index is 13.0. The average molecular weight is 383 g/mol. The Labute approximate surface area is 159 Å². The first-order valence-corrected chi connectivity index (χ1v) is 10.2. The Morgan fingerprint density at radius 3 is 2.59 bits per heavy atom. The minimum atomic E-state index is -3.57. The van der Waals surface area contributed by atoms with Crippen LogP contribution in [-0.2, 0) is 10.0 Å². The Bertz CT molecular complexity index is 1060. The summed E-state index contributed by atoms with van der Waals surface area (Å²) in [7, 11) is -3.57. The quantitative estimate of drug-likeness (QED) is 0.680. The SMILES string of the molecule is Cc1cccc(OC2CN(S(=O)(=O)c3cc(-n4cccn4)ccc3C)C2)c1. The van der Waals surface area contributed by atoms with E-state index in [9.17, 15) is 8.42 Å². The average Bonchev–Trinajstić information content (AvgIpc) is 3.12. The van der Waals surface area contributed by atoms with E-state index in [4.69, 9.17) is 4.74 Å². The van der Waals surface area contributed by atoms with Crippen LogP contribution in [0.3, 0.4) is 0 Å². The topological polar surface area (TPSA) is 64.4 Å². The minimum Gasteiger partial charge on any atom is -0.488 e. The van der Waals surface area contributed by atoms with Crippen LogP contribution in [-0.4, -0.2) is 41.7 Å². The van der Waals surface area contributed by atoms with Gasteiger partial charge in [-0.25, -0.2) is 13.1 Å². The maximum Gasteiger partial charge on any atom is 0.243 e. The maximum absolute atomic E-state index is 13.0. The Balaban J connectivity index is 1.51. The molecule has 2 aromatic carbocycles. The molecule has 1 saturated heterocycles. The van der Waals surface area contributed by atoms with Crippen molar-refractivity contribution in [3.63, 3.8) is 0 Å². The minimum absolute atomic E-state index is 0.129. The Morgan fingerprint density at radius 1 is 1.07 bits per heavy atom. The number of aromatic nitrogens is 2. The molecule has 1 aliphatic rings. The number of benzene rings is 2. The van der Waals surface area contributed by atoms with E-state index in [0.29, 0.717) is 23.5 Å². The van der Waals surface area contributed by atoms with E-state index in [1.54, 1.807) is 36.1 Å². The van der Waals surface area contributed by atoms with Crippen molar-refractivity contribution < 1.29 is 13.2 Å². The number of rotatable bonds is 5. The van der Waals surface area contributed by atoms with Gasteiger partial charge in [0, 0.05) is 12.4 Å². The van der Waals surface area contributed by atoms with E-state index in [0.717, 1.165) is 17.0 Å². The van der Waals surface area contributed by atoms with Gasteiger partial charge in [0.05, 0.1) is 23.7 Å². The van der Waals surface area contributed by atoms with Gasteiger partial charge >= 0.3 is 0 Å². The molecule has 1 aromatic heterocycles. The zero-order valence-electron chi connectivity index (χ0n) is 15.2. The van der Waals surface area contributed by atoms with Crippen LogP contribution in [0.15, 0.2) is 65.8 Å².